The maximum Gasteiger partial charge on any atom is 0.149 e. The Morgan fingerprint density at radius 1 is 1.14 bits per heavy atom. The van der Waals surface area contributed by atoms with E-state index in [2.05, 4.69) is 0 Å². The molecule has 1 aliphatic heterocycles. The molecule has 2 fully saturated rings. The minimum Gasteiger partial charge on any atom is -0.389 e. The average molecular weight is 199 g/mol. The van der Waals surface area contributed by atoms with Crippen molar-refractivity contribution in [2.24, 2.45) is 0 Å². The van der Waals surface area contributed by atoms with E-state index in [-0.39, 0.29) is 11.8 Å². The third-order valence-electron chi connectivity index (χ3n) is 3.25. The minimum absolute atomic E-state index is 0.0458. The summed E-state index contributed by atoms with van der Waals surface area (Å²) in [5.41, 5.74) is 0. The number of rotatable bonds is 1. The molecule has 0 amide bonds. The molecule has 1 aliphatic carbocycles. The van der Waals surface area contributed by atoms with Gasteiger partial charge < -0.3 is 10.2 Å². The summed E-state index contributed by atoms with van der Waals surface area (Å²) in [5.74, 6) is 0.276. The second kappa shape index (κ2) is 3.96. The summed E-state index contributed by atoms with van der Waals surface area (Å²) in [6.45, 7) is 0.884. The van der Waals surface area contributed by atoms with Gasteiger partial charge in [-0.1, -0.05) is 6.42 Å². The molecule has 4 heteroatoms. The zero-order chi connectivity index (χ0) is 10.1. The molecule has 14 heavy (non-hydrogen) atoms. The van der Waals surface area contributed by atoms with Crippen molar-refractivity contribution >= 4 is 5.78 Å². The van der Waals surface area contributed by atoms with E-state index in [1.807, 2.05) is 4.90 Å². The molecule has 2 aliphatic rings. The molecule has 1 heterocycles. The van der Waals surface area contributed by atoms with Gasteiger partial charge in [0, 0.05) is 19.5 Å². The van der Waals surface area contributed by atoms with E-state index in [4.69, 9.17) is 0 Å². The SMILES string of the molecule is O=C1CCCCC1N1CC(O)C(O)C1. The fourth-order valence-electron chi connectivity index (χ4n) is 2.40. The molecule has 1 saturated heterocycles. The van der Waals surface area contributed by atoms with Gasteiger partial charge in [-0.2, -0.15) is 0 Å². The van der Waals surface area contributed by atoms with Crippen molar-refractivity contribution in [1.82, 2.24) is 4.90 Å². The number of likely N-dealkylation sites (tertiary alicyclic amines) is 1. The number of carbonyl (C=O) groups excluding carboxylic acids is 1. The Balaban J connectivity index is 1.97. The highest BCUT2D eigenvalue weighted by Crippen LogP contribution is 2.23. The Hall–Kier alpha value is -0.450. The van der Waals surface area contributed by atoms with E-state index in [1.54, 1.807) is 0 Å². The van der Waals surface area contributed by atoms with Gasteiger partial charge in [0.25, 0.3) is 0 Å². The summed E-state index contributed by atoms with van der Waals surface area (Å²) in [7, 11) is 0. The highest BCUT2D eigenvalue weighted by molar-refractivity contribution is 5.84. The van der Waals surface area contributed by atoms with Crippen molar-refractivity contribution in [1.29, 1.82) is 0 Å². The molecule has 3 unspecified atom stereocenters. The van der Waals surface area contributed by atoms with Crippen LogP contribution in [0.2, 0.25) is 0 Å². The summed E-state index contributed by atoms with van der Waals surface area (Å²) in [6.07, 6.45) is 2.27. The average Bonchev–Trinajstić information content (AvgIpc) is 2.48. The molecule has 0 aromatic carbocycles. The zero-order valence-electron chi connectivity index (χ0n) is 8.22. The maximum absolute atomic E-state index is 11.6. The molecule has 0 radical (unpaired) electrons. The van der Waals surface area contributed by atoms with Gasteiger partial charge in [0.2, 0.25) is 0 Å². The second-order valence-electron chi connectivity index (χ2n) is 4.32. The number of aliphatic hydroxyl groups is 2. The number of β-amino-alcohol motifs (C(OH)–C–C–N with tert-alkyl or cyclic N) is 2. The van der Waals surface area contributed by atoms with Gasteiger partial charge in [-0.15, -0.1) is 0 Å². The van der Waals surface area contributed by atoms with E-state index in [9.17, 15) is 15.0 Å². The van der Waals surface area contributed by atoms with Crippen LogP contribution < -0.4 is 0 Å². The second-order valence-corrected chi connectivity index (χ2v) is 4.32. The number of Topliss-reactive ketones (excluding diaryl/α,β-unsaturated/α-hetero) is 1. The van der Waals surface area contributed by atoms with Crippen LogP contribution in [0.1, 0.15) is 25.7 Å². The molecular formula is C10H17NO3. The Kier molecular flexibility index (Phi) is 2.85. The summed E-state index contributed by atoms with van der Waals surface area (Å²) in [6, 6.07) is -0.0458. The number of hydrogen-bond acceptors (Lipinski definition) is 4. The molecule has 4 nitrogen and oxygen atoms in total. The van der Waals surface area contributed by atoms with Crippen LogP contribution in [-0.2, 0) is 4.79 Å². The fourth-order valence-corrected chi connectivity index (χ4v) is 2.40. The molecule has 1 saturated carbocycles. The third-order valence-corrected chi connectivity index (χ3v) is 3.25. The predicted octanol–water partition coefficient (Wildman–Crippen LogP) is -0.465. The first kappa shape index (κ1) is 10.1. The van der Waals surface area contributed by atoms with Crippen molar-refractivity contribution in [2.45, 2.75) is 43.9 Å². The first-order valence-electron chi connectivity index (χ1n) is 5.31. The first-order chi connectivity index (χ1) is 6.68. The van der Waals surface area contributed by atoms with Gasteiger partial charge in [0.05, 0.1) is 18.2 Å². The minimum atomic E-state index is -0.676. The normalized spacial score (nSPS) is 40.4. The van der Waals surface area contributed by atoms with Gasteiger partial charge in [0.1, 0.15) is 5.78 Å². The van der Waals surface area contributed by atoms with E-state index in [1.165, 1.54) is 0 Å². The summed E-state index contributed by atoms with van der Waals surface area (Å²) in [4.78, 5) is 13.5. The molecule has 0 bridgehead atoms. The van der Waals surface area contributed by atoms with Gasteiger partial charge >= 0.3 is 0 Å². The van der Waals surface area contributed by atoms with Crippen molar-refractivity contribution in [2.75, 3.05) is 13.1 Å². The smallest absolute Gasteiger partial charge is 0.149 e. The fraction of sp³-hybridized carbons (Fsp3) is 0.900. The van der Waals surface area contributed by atoms with Crippen LogP contribution in [0.25, 0.3) is 0 Å². The van der Waals surface area contributed by atoms with Crippen LogP contribution in [-0.4, -0.2) is 52.2 Å². The summed E-state index contributed by atoms with van der Waals surface area (Å²) < 4.78 is 0. The molecule has 0 aromatic heterocycles. The monoisotopic (exact) mass is 199 g/mol. The number of nitrogens with zero attached hydrogens (tertiary/aromatic N) is 1. The van der Waals surface area contributed by atoms with E-state index < -0.39 is 12.2 Å². The number of ketones is 1. The number of hydrogen-bond donors (Lipinski definition) is 2. The summed E-state index contributed by atoms with van der Waals surface area (Å²) >= 11 is 0. The summed E-state index contributed by atoms with van der Waals surface area (Å²) in [5, 5.41) is 18.8. The van der Waals surface area contributed by atoms with Crippen LogP contribution >= 0.6 is 0 Å². The predicted molar refractivity (Wildman–Crippen MR) is 50.8 cm³/mol. The number of aliphatic hydroxyl groups excluding tert-OH is 2. The largest absolute Gasteiger partial charge is 0.389 e. The van der Waals surface area contributed by atoms with E-state index in [0.717, 1.165) is 19.3 Å². The topological polar surface area (TPSA) is 60.8 Å². The molecule has 3 atom stereocenters. The maximum atomic E-state index is 11.6. The quantitative estimate of drug-likeness (QED) is 0.599. The first-order valence-corrected chi connectivity index (χ1v) is 5.31. The zero-order valence-corrected chi connectivity index (χ0v) is 8.22. The van der Waals surface area contributed by atoms with Crippen molar-refractivity contribution in [3.63, 3.8) is 0 Å². The van der Waals surface area contributed by atoms with Gasteiger partial charge in [-0.25, -0.2) is 0 Å². The van der Waals surface area contributed by atoms with Crippen LogP contribution in [0, 0.1) is 0 Å². The molecule has 2 N–H and O–H groups in total. The van der Waals surface area contributed by atoms with E-state index >= 15 is 0 Å². The van der Waals surface area contributed by atoms with Crippen LogP contribution in [0.4, 0.5) is 0 Å². The standard InChI is InChI=1S/C10H17NO3/c12-8-4-2-1-3-7(8)11-5-9(13)10(14)6-11/h7,9-10,13-14H,1-6H2. The Bertz CT molecular complexity index is 221. The van der Waals surface area contributed by atoms with Crippen molar-refractivity contribution in [3.8, 4) is 0 Å². The van der Waals surface area contributed by atoms with Gasteiger partial charge in [-0.3, -0.25) is 9.69 Å². The Morgan fingerprint density at radius 2 is 1.79 bits per heavy atom. The lowest BCUT2D eigenvalue weighted by Crippen LogP contribution is -2.42. The Labute approximate surface area is 83.5 Å². The highest BCUT2D eigenvalue weighted by Gasteiger charge is 2.37. The molecule has 2 rings (SSSR count). The molecular weight excluding hydrogens is 182 g/mol. The van der Waals surface area contributed by atoms with Crippen molar-refractivity contribution in [3.05, 3.63) is 0 Å². The van der Waals surface area contributed by atoms with Crippen LogP contribution in [0.3, 0.4) is 0 Å². The van der Waals surface area contributed by atoms with Gasteiger partial charge in [0.15, 0.2) is 0 Å². The number of carbonyl (C=O) groups is 1. The van der Waals surface area contributed by atoms with Crippen LogP contribution in [0.15, 0.2) is 0 Å². The highest BCUT2D eigenvalue weighted by atomic mass is 16.3. The Morgan fingerprint density at radius 3 is 2.36 bits per heavy atom. The third kappa shape index (κ3) is 1.82. The molecule has 0 spiro atoms. The lowest BCUT2D eigenvalue weighted by atomic mass is 9.93. The lowest BCUT2D eigenvalue weighted by Gasteiger charge is -2.29. The van der Waals surface area contributed by atoms with Gasteiger partial charge in [-0.05, 0) is 12.8 Å². The van der Waals surface area contributed by atoms with Crippen LogP contribution in [0.5, 0.6) is 0 Å². The molecule has 80 valence electrons. The molecule has 0 aromatic rings. The van der Waals surface area contributed by atoms with Crippen molar-refractivity contribution < 1.29 is 15.0 Å². The van der Waals surface area contributed by atoms with E-state index in [0.29, 0.717) is 19.5 Å². The lowest BCUT2D eigenvalue weighted by molar-refractivity contribution is -0.125.